The number of nitrogens with zero attached hydrogens (tertiary/aromatic N) is 3. The van der Waals surface area contributed by atoms with E-state index >= 15 is 0 Å². The van der Waals surface area contributed by atoms with Crippen LogP contribution in [-0.2, 0) is 4.79 Å². The number of anilines is 1. The number of carbonyl (C=O) groups is 1. The van der Waals surface area contributed by atoms with E-state index in [0.717, 1.165) is 38.4 Å². The van der Waals surface area contributed by atoms with E-state index in [0.29, 0.717) is 12.6 Å². The number of carbonyl (C=O) groups excluding carboxylic acids is 1. The Kier molecular flexibility index (Phi) is 5.35. The van der Waals surface area contributed by atoms with Crippen molar-refractivity contribution in [1.82, 2.24) is 15.2 Å². The fraction of sp³-hybridized carbons (Fsp3) is 0.600. The number of aromatic nitrogens is 1. The topological polar surface area (TPSA) is 48.5 Å². The molecule has 1 aliphatic heterocycles. The van der Waals surface area contributed by atoms with E-state index in [2.05, 4.69) is 29.0 Å². The molecule has 0 spiro atoms. The third-order valence-corrected chi connectivity index (χ3v) is 3.82. The number of piperazine rings is 1. The quantitative estimate of drug-likeness (QED) is 0.875. The second-order valence-electron chi connectivity index (χ2n) is 5.25. The zero-order valence-electron chi connectivity index (χ0n) is 12.4. The molecule has 0 radical (unpaired) electrons. The lowest BCUT2D eigenvalue weighted by Crippen LogP contribution is -2.51. The first-order chi connectivity index (χ1) is 9.70. The van der Waals surface area contributed by atoms with Crippen LogP contribution in [0.15, 0.2) is 24.4 Å². The molecule has 1 amide bonds. The molecular formula is C15H24N4O. The Balaban J connectivity index is 1.78. The van der Waals surface area contributed by atoms with Crippen LogP contribution in [0.1, 0.15) is 20.3 Å². The minimum Gasteiger partial charge on any atom is -0.353 e. The summed E-state index contributed by atoms with van der Waals surface area (Å²) in [5.74, 6) is 1.20. The monoisotopic (exact) mass is 276 g/mol. The fourth-order valence-electron chi connectivity index (χ4n) is 2.24. The predicted octanol–water partition coefficient (Wildman–Crippen LogP) is 1.12. The highest BCUT2D eigenvalue weighted by molar-refractivity contribution is 5.78. The molecule has 2 heterocycles. The number of hydrogen-bond acceptors (Lipinski definition) is 4. The Morgan fingerprint density at radius 3 is 2.70 bits per heavy atom. The Morgan fingerprint density at radius 1 is 1.35 bits per heavy atom. The highest BCUT2D eigenvalue weighted by Gasteiger charge is 2.21. The Bertz CT molecular complexity index is 415. The molecule has 2 rings (SSSR count). The zero-order chi connectivity index (χ0) is 14.4. The van der Waals surface area contributed by atoms with Crippen LogP contribution < -0.4 is 10.2 Å². The molecule has 110 valence electrons. The second-order valence-corrected chi connectivity index (χ2v) is 5.25. The van der Waals surface area contributed by atoms with Crippen molar-refractivity contribution in [3.63, 3.8) is 0 Å². The van der Waals surface area contributed by atoms with Crippen LogP contribution in [0.5, 0.6) is 0 Å². The average Bonchev–Trinajstić information content (AvgIpc) is 2.53. The maximum Gasteiger partial charge on any atom is 0.236 e. The van der Waals surface area contributed by atoms with Crippen LogP contribution in [0.2, 0.25) is 0 Å². The van der Waals surface area contributed by atoms with Crippen molar-refractivity contribution in [3.05, 3.63) is 24.4 Å². The number of nitrogens with one attached hydrogen (secondary N) is 1. The van der Waals surface area contributed by atoms with Gasteiger partial charge in [-0.05, 0) is 25.5 Å². The summed E-state index contributed by atoms with van der Waals surface area (Å²) in [7, 11) is 0. The molecule has 20 heavy (non-hydrogen) atoms. The van der Waals surface area contributed by atoms with Gasteiger partial charge in [-0.2, -0.15) is 0 Å². The van der Waals surface area contributed by atoms with Crippen molar-refractivity contribution in [3.8, 4) is 0 Å². The van der Waals surface area contributed by atoms with E-state index in [4.69, 9.17) is 0 Å². The standard InChI is InChI=1S/C15H24N4O/c1-3-13(2)17-12-15(20)19-10-8-18(9-11-19)14-6-4-5-7-16-14/h4-7,13,17H,3,8-12H2,1-2H3. The van der Waals surface area contributed by atoms with Crippen molar-refractivity contribution >= 4 is 11.7 Å². The van der Waals surface area contributed by atoms with Gasteiger partial charge in [-0.25, -0.2) is 4.98 Å². The van der Waals surface area contributed by atoms with Crippen LogP contribution in [0.4, 0.5) is 5.82 Å². The van der Waals surface area contributed by atoms with Gasteiger partial charge in [0.05, 0.1) is 6.54 Å². The van der Waals surface area contributed by atoms with Crippen LogP contribution in [-0.4, -0.2) is 54.6 Å². The van der Waals surface area contributed by atoms with Gasteiger partial charge in [-0.3, -0.25) is 4.79 Å². The number of amides is 1. The van der Waals surface area contributed by atoms with Crippen molar-refractivity contribution in [2.24, 2.45) is 0 Å². The third-order valence-electron chi connectivity index (χ3n) is 3.82. The van der Waals surface area contributed by atoms with E-state index in [9.17, 15) is 4.79 Å². The van der Waals surface area contributed by atoms with Gasteiger partial charge in [0.1, 0.15) is 5.82 Å². The SMILES string of the molecule is CCC(C)NCC(=O)N1CCN(c2ccccn2)CC1. The van der Waals surface area contributed by atoms with Crippen molar-refractivity contribution < 1.29 is 4.79 Å². The number of pyridine rings is 1. The molecule has 0 aliphatic carbocycles. The summed E-state index contributed by atoms with van der Waals surface area (Å²) < 4.78 is 0. The molecule has 1 atom stereocenters. The lowest BCUT2D eigenvalue weighted by atomic mass is 10.2. The smallest absolute Gasteiger partial charge is 0.236 e. The van der Waals surface area contributed by atoms with Crippen molar-refractivity contribution in [1.29, 1.82) is 0 Å². The first kappa shape index (κ1) is 14.8. The van der Waals surface area contributed by atoms with E-state index in [1.165, 1.54) is 0 Å². The number of hydrogen-bond donors (Lipinski definition) is 1. The van der Waals surface area contributed by atoms with Crippen molar-refractivity contribution in [2.75, 3.05) is 37.6 Å². The molecule has 1 aromatic heterocycles. The number of rotatable bonds is 5. The van der Waals surface area contributed by atoms with Gasteiger partial charge >= 0.3 is 0 Å². The van der Waals surface area contributed by atoms with E-state index in [1.54, 1.807) is 0 Å². The summed E-state index contributed by atoms with van der Waals surface area (Å²) in [5.41, 5.74) is 0. The summed E-state index contributed by atoms with van der Waals surface area (Å²) in [6, 6.07) is 6.33. The van der Waals surface area contributed by atoms with E-state index in [-0.39, 0.29) is 5.91 Å². The maximum atomic E-state index is 12.1. The van der Waals surface area contributed by atoms with Gasteiger partial charge in [0.15, 0.2) is 0 Å². The Labute approximate surface area is 121 Å². The third kappa shape index (κ3) is 3.93. The summed E-state index contributed by atoms with van der Waals surface area (Å²) in [5, 5.41) is 3.26. The lowest BCUT2D eigenvalue weighted by Gasteiger charge is -2.35. The molecule has 1 fully saturated rings. The molecule has 1 N–H and O–H groups in total. The first-order valence-electron chi connectivity index (χ1n) is 7.38. The average molecular weight is 276 g/mol. The van der Waals surface area contributed by atoms with Gasteiger partial charge in [0.25, 0.3) is 0 Å². The molecule has 0 bridgehead atoms. The van der Waals surface area contributed by atoms with Crippen LogP contribution in [0.3, 0.4) is 0 Å². The second kappa shape index (κ2) is 7.24. The van der Waals surface area contributed by atoms with Crippen LogP contribution in [0, 0.1) is 0 Å². The highest BCUT2D eigenvalue weighted by atomic mass is 16.2. The van der Waals surface area contributed by atoms with Crippen molar-refractivity contribution in [2.45, 2.75) is 26.3 Å². The zero-order valence-corrected chi connectivity index (χ0v) is 12.4. The molecule has 5 nitrogen and oxygen atoms in total. The normalized spacial score (nSPS) is 17.1. The largest absolute Gasteiger partial charge is 0.353 e. The van der Waals surface area contributed by atoms with Gasteiger partial charge in [-0.15, -0.1) is 0 Å². The molecule has 5 heteroatoms. The van der Waals surface area contributed by atoms with Gasteiger partial charge in [0, 0.05) is 38.4 Å². The molecular weight excluding hydrogens is 252 g/mol. The Morgan fingerprint density at radius 2 is 2.10 bits per heavy atom. The predicted molar refractivity (Wildman–Crippen MR) is 80.8 cm³/mol. The molecule has 0 aromatic carbocycles. The summed E-state index contributed by atoms with van der Waals surface area (Å²) in [4.78, 5) is 20.6. The maximum absolute atomic E-state index is 12.1. The van der Waals surface area contributed by atoms with Crippen LogP contribution >= 0.6 is 0 Å². The van der Waals surface area contributed by atoms with Crippen LogP contribution in [0.25, 0.3) is 0 Å². The first-order valence-corrected chi connectivity index (χ1v) is 7.38. The summed E-state index contributed by atoms with van der Waals surface area (Å²) in [6.07, 6.45) is 2.85. The van der Waals surface area contributed by atoms with E-state index in [1.807, 2.05) is 29.3 Å². The van der Waals surface area contributed by atoms with Gasteiger partial charge < -0.3 is 15.1 Å². The lowest BCUT2D eigenvalue weighted by molar-refractivity contribution is -0.130. The van der Waals surface area contributed by atoms with Gasteiger partial charge in [-0.1, -0.05) is 13.0 Å². The Hall–Kier alpha value is -1.62. The highest BCUT2D eigenvalue weighted by Crippen LogP contribution is 2.12. The molecule has 1 unspecified atom stereocenters. The van der Waals surface area contributed by atoms with E-state index < -0.39 is 0 Å². The fourth-order valence-corrected chi connectivity index (χ4v) is 2.24. The van der Waals surface area contributed by atoms with Gasteiger partial charge in [0.2, 0.25) is 5.91 Å². The molecule has 1 saturated heterocycles. The summed E-state index contributed by atoms with van der Waals surface area (Å²) >= 11 is 0. The molecule has 0 saturated carbocycles. The summed E-state index contributed by atoms with van der Waals surface area (Å²) in [6.45, 7) is 7.92. The minimum absolute atomic E-state index is 0.200. The minimum atomic E-state index is 0.200. The molecule has 1 aliphatic rings. The molecule has 1 aromatic rings.